The van der Waals surface area contributed by atoms with Crippen molar-refractivity contribution in [1.82, 2.24) is 4.90 Å². The van der Waals surface area contributed by atoms with Crippen molar-refractivity contribution in [3.05, 3.63) is 46.4 Å². The predicted molar refractivity (Wildman–Crippen MR) is 81.4 cm³/mol. The Morgan fingerprint density at radius 1 is 1.50 bits per heavy atom. The van der Waals surface area contributed by atoms with E-state index in [1.165, 1.54) is 18.5 Å². The second-order valence-electron chi connectivity index (χ2n) is 5.10. The Balaban J connectivity index is 1.76. The molecule has 1 amide bonds. The topological polar surface area (TPSA) is 85.0 Å². The summed E-state index contributed by atoms with van der Waals surface area (Å²) in [6.07, 6.45) is 4.07. The van der Waals surface area contributed by atoms with E-state index in [2.05, 4.69) is 11.4 Å². The number of amides is 1. The number of nitro benzene ring substituents is 1. The van der Waals surface area contributed by atoms with E-state index < -0.39 is 11.0 Å². The van der Waals surface area contributed by atoms with Crippen molar-refractivity contribution in [3.63, 3.8) is 0 Å². The number of non-ortho nitro benzene ring substituents is 1. The normalized spacial score (nSPS) is 17.9. The van der Waals surface area contributed by atoms with Crippen LogP contribution in [0.25, 0.3) is 0 Å². The van der Waals surface area contributed by atoms with E-state index in [1.807, 2.05) is 11.8 Å². The van der Waals surface area contributed by atoms with E-state index in [0.29, 0.717) is 11.5 Å². The first-order valence-corrected chi connectivity index (χ1v) is 7.06. The summed E-state index contributed by atoms with van der Waals surface area (Å²) in [6, 6.07) is 5.85. The van der Waals surface area contributed by atoms with Crippen molar-refractivity contribution in [1.29, 1.82) is 0 Å². The van der Waals surface area contributed by atoms with E-state index in [-0.39, 0.29) is 12.3 Å². The molecule has 1 aliphatic heterocycles. The van der Waals surface area contributed by atoms with Gasteiger partial charge in [0.1, 0.15) is 6.61 Å². The number of ether oxygens (including phenoxy) is 1. The lowest BCUT2D eigenvalue weighted by Gasteiger charge is -2.10. The van der Waals surface area contributed by atoms with Crippen molar-refractivity contribution in [2.75, 3.05) is 13.1 Å². The van der Waals surface area contributed by atoms with Gasteiger partial charge in [-0.3, -0.25) is 10.1 Å². The number of aliphatic imine (C=N–C) groups is 1. The third-order valence-corrected chi connectivity index (χ3v) is 3.56. The van der Waals surface area contributed by atoms with Gasteiger partial charge in [-0.15, -0.1) is 0 Å². The fourth-order valence-electron chi connectivity index (χ4n) is 2.22. The highest BCUT2D eigenvalue weighted by Crippen LogP contribution is 2.16. The van der Waals surface area contributed by atoms with E-state index >= 15 is 0 Å². The second-order valence-corrected chi connectivity index (χ2v) is 5.10. The predicted octanol–water partition coefficient (Wildman–Crippen LogP) is 2.81. The Kier molecular flexibility index (Phi) is 5.46. The average Bonchev–Trinajstić information content (AvgIpc) is 2.99. The van der Waals surface area contributed by atoms with E-state index in [9.17, 15) is 14.9 Å². The van der Waals surface area contributed by atoms with Gasteiger partial charge < -0.3 is 9.64 Å². The third kappa shape index (κ3) is 4.54. The Hall–Kier alpha value is -2.44. The first-order valence-electron chi connectivity index (χ1n) is 7.06. The molecule has 2 rings (SSSR count). The molecule has 7 heteroatoms. The molecule has 1 aliphatic rings. The summed E-state index contributed by atoms with van der Waals surface area (Å²) in [5, 5.41) is 10.5. The van der Waals surface area contributed by atoms with Gasteiger partial charge in [0.15, 0.2) is 0 Å². The molecule has 1 aromatic rings. The van der Waals surface area contributed by atoms with Gasteiger partial charge in [-0.05, 0) is 36.5 Å². The standard InChI is InChI=1S/C15H18N3O4/c1-2-12-7-8-17(9-12)11-16-15(19)22-10-13-3-5-14(6-4-13)18(20)21/h2-6,11-12H,7-10H2,1H3. The van der Waals surface area contributed by atoms with Gasteiger partial charge in [0.2, 0.25) is 0 Å². The van der Waals surface area contributed by atoms with Gasteiger partial charge in [0.05, 0.1) is 11.3 Å². The zero-order chi connectivity index (χ0) is 15.9. The number of nitrogens with zero attached hydrogens (tertiary/aromatic N) is 3. The Morgan fingerprint density at radius 3 is 2.82 bits per heavy atom. The van der Waals surface area contributed by atoms with Gasteiger partial charge in [-0.25, -0.2) is 4.79 Å². The molecule has 1 atom stereocenters. The monoisotopic (exact) mass is 304 g/mol. The van der Waals surface area contributed by atoms with Crippen LogP contribution in [-0.2, 0) is 11.3 Å². The van der Waals surface area contributed by atoms with Crippen molar-refractivity contribution in [3.8, 4) is 0 Å². The number of hydrogen-bond acceptors (Lipinski definition) is 4. The zero-order valence-electron chi connectivity index (χ0n) is 12.3. The quantitative estimate of drug-likeness (QED) is 0.361. The molecule has 1 heterocycles. The summed E-state index contributed by atoms with van der Waals surface area (Å²) in [5.41, 5.74) is 0.681. The average molecular weight is 304 g/mol. The number of benzene rings is 1. The number of carbonyl (C=O) groups is 1. The smallest absolute Gasteiger partial charge is 0.435 e. The highest BCUT2D eigenvalue weighted by molar-refractivity contribution is 5.78. The van der Waals surface area contributed by atoms with Crippen LogP contribution in [0.1, 0.15) is 18.9 Å². The summed E-state index contributed by atoms with van der Waals surface area (Å²) >= 11 is 0. The number of rotatable bonds is 5. The molecular weight excluding hydrogens is 286 g/mol. The fourth-order valence-corrected chi connectivity index (χ4v) is 2.22. The van der Waals surface area contributed by atoms with Crippen molar-refractivity contribution < 1.29 is 14.5 Å². The minimum Gasteiger partial charge on any atom is -0.443 e. The van der Waals surface area contributed by atoms with Gasteiger partial charge in [0, 0.05) is 25.2 Å². The molecule has 0 saturated carbocycles. The largest absolute Gasteiger partial charge is 0.443 e. The zero-order valence-corrected chi connectivity index (χ0v) is 12.3. The van der Waals surface area contributed by atoms with Crippen LogP contribution in [-0.4, -0.2) is 35.3 Å². The third-order valence-electron chi connectivity index (χ3n) is 3.56. The molecule has 0 N–H and O–H groups in total. The van der Waals surface area contributed by atoms with Crippen LogP contribution >= 0.6 is 0 Å². The highest BCUT2D eigenvalue weighted by Gasteiger charge is 2.18. The summed E-state index contributed by atoms with van der Waals surface area (Å²) in [5.74, 6) is 0.544. The molecule has 117 valence electrons. The van der Waals surface area contributed by atoms with Crippen molar-refractivity contribution in [2.45, 2.75) is 20.0 Å². The van der Waals surface area contributed by atoms with Crippen LogP contribution in [0.2, 0.25) is 0 Å². The number of nitro groups is 1. The molecule has 0 aromatic heterocycles. The number of carbonyl (C=O) groups excluding carboxylic acids is 1. The van der Waals surface area contributed by atoms with Gasteiger partial charge >= 0.3 is 6.09 Å². The summed E-state index contributed by atoms with van der Waals surface area (Å²) in [4.78, 5) is 27.3. The molecule has 0 bridgehead atoms. The van der Waals surface area contributed by atoms with E-state index in [4.69, 9.17) is 4.74 Å². The molecule has 7 nitrogen and oxygen atoms in total. The minimum absolute atomic E-state index is 0.00409. The first kappa shape index (κ1) is 15.9. The molecule has 0 aliphatic carbocycles. The first-order chi connectivity index (χ1) is 10.6. The molecule has 1 unspecified atom stereocenters. The fraction of sp³-hybridized carbons (Fsp3) is 0.400. The summed E-state index contributed by atoms with van der Waals surface area (Å²) in [6.45, 7) is 3.83. The molecule has 1 saturated heterocycles. The molecule has 0 spiro atoms. The second kappa shape index (κ2) is 7.53. The summed E-state index contributed by atoms with van der Waals surface area (Å²) < 4.78 is 5.00. The molecular formula is C15H18N3O4. The van der Waals surface area contributed by atoms with Gasteiger partial charge in [-0.1, -0.05) is 6.92 Å². The van der Waals surface area contributed by atoms with E-state index in [1.54, 1.807) is 12.1 Å². The van der Waals surface area contributed by atoms with Crippen LogP contribution in [0.5, 0.6) is 0 Å². The van der Waals surface area contributed by atoms with Crippen molar-refractivity contribution in [2.24, 2.45) is 10.9 Å². The highest BCUT2D eigenvalue weighted by atomic mass is 16.6. The Bertz CT molecular complexity index is 556. The minimum atomic E-state index is -0.665. The Labute approximate surface area is 128 Å². The SMILES string of the molecule is C[CH]C1CCN(C=NC(=O)OCc2ccc([N+](=O)[O-])cc2)C1. The Morgan fingerprint density at radius 2 is 2.23 bits per heavy atom. The maximum Gasteiger partial charge on any atom is 0.435 e. The lowest BCUT2D eigenvalue weighted by atomic mass is 10.1. The van der Waals surface area contributed by atoms with Crippen LogP contribution in [0.4, 0.5) is 10.5 Å². The van der Waals surface area contributed by atoms with Crippen LogP contribution < -0.4 is 0 Å². The van der Waals surface area contributed by atoms with Crippen LogP contribution in [0, 0.1) is 22.5 Å². The number of hydrogen-bond donors (Lipinski definition) is 0. The van der Waals surface area contributed by atoms with Crippen molar-refractivity contribution >= 4 is 18.1 Å². The maximum absolute atomic E-state index is 11.5. The molecule has 22 heavy (non-hydrogen) atoms. The number of likely N-dealkylation sites (tertiary alicyclic amines) is 1. The van der Waals surface area contributed by atoms with E-state index in [0.717, 1.165) is 19.5 Å². The lowest BCUT2D eigenvalue weighted by Crippen LogP contribution is -2.19. The molecule has 1 fully saturated rings. The lowest BCUT2D eigenvalue weighted by molar-refractivity contribution is -0.384. The summed E-state index contributed by atoms with van der Waals surface area (Å²) in [7, 11) is 0. The maximum atomic E-state index is 11.5. The van der Waals surface area contributed by atoms with Gasteiger partial charge in [0.25, 0.3) is 5.69 Å². The van der Waals surface area contributed by atoms with Crippen LogP contribution in [0.15, 0.2) is 29.3 Å². The molecule has 1 aromatic carbocycles. The molecule has 1 radical (unpaired) electrons. The van der Waals surface area contributed by atoms with Gasteiger partial charge in [-0.2, -0.15) is 4.99 Å². The van der Waals surface area contributed by atoms with Crippen LogP contribution in [0.3, 0.4) is 0 Å².